The highest BCUT2D eigenvalue weighted by Crippen LogP contribution is 2.17. The number of amides is 1. The first-order valence-electron chi connectivity index (χ1n) is 6.47. The molecule has 2 heterocycles. The van der Waals surface area contributed by atoms with Gasteiger partial charge < -0.3 is 9.88 Å². The third kappa shape index (κ3) is 3.81. The van der Waals surface area contributed by atoms with Crippen LogP contribution >= 0.6 is 11.6 Å². The fourth-order valence-corrected chi connectivity index (χ4v) is 1.98. The van der Waals surface area contributed by atoms with Crippen LogP contribution in [0.15, 0.2) is 30.9 Å². The number of pyridine rings is 1. The molecule has 106 valence electrons. The second-order valence-electron chi connectivity index (χ2n) is 4.81. The molecule has 0 unspecified atom stereocenters. The van der Waals surface area contributed by atoms with Crippen LogP contribution in [0.5, 0.6) is 0 Å². The number of imidazole rings is 1. The van der Waals surface area contributed by atoms with E-state index in [0.29, 0.717) is 23.8 Å². The van der Waals surface area contributed by atoms with Crippen molar-refractivity contribution in [2.45, 2.75) is 26.3 Å². The molecule has 0 aliphatic heterocycles. The molecule has 6 heteroatoms. The third-order valence-corrected chi connectivity index (χ3v) is 3.08. The number of halogens is 1. The number of nitrogens with one attached hydrogen (secondary N) is 1. The van der Waals surface area contributed by atoms with E-state index in [1.807, 2.05) is 24.6 Å². The second kappa shape index (κ2) is 6.52. The van der Waals surface area contributed by atoms with Gasteiger partial charge in [-0.25, -0.2) is 9.97 Å². The van der Waals surface area contributed by atoms with Gasteiger partial charge in [-0.3, -0.25) is 4.79 Å². The van der Waals surface area contributed by atoms with Crippen LogP contribution in [-0.2, 0) is 6.54 Å². The Morgan fingerprint density at radius 2 is 2.25 bits per heavy atom. The minimum Gasteiger partial charge on any atom is -0.350 e. The maximum atomic E-state index is 12.1. The molecular formula is C14H17ClN4O. The molecule has 0 saturated carbocycles. The third-order valence-electron chi connectivity index (χ3n) is 2.88. The van der Waals surface area contributed by atoms with Crippen LogP contribution in [-0.4, -0.2) is 27.0 Å². The number of rotatable bonds is 5. The van der Waals surface area contributed by atoms with Gasteiger partial charge in [0.1, 0.15) is 5.15 Å². The molecule has 20 heavy (non-hydrogen) atoms. The summed E-state index contributed by atoms with van der Waals surface area (Å²) in [5, 5.41) is 3.20. The Bertz CT molecular complexity index is 581. The number of hydrogen-bond acceptors (Lipinski definition) is 3. The standard InChI is InChI=1S/C14H17ClN4O/c1-10(2)12-7-11(8-13(15)18-12)14(20)17-4-6-19-5-3-16-9-19/h3,5,7-10H,4,6H2,1-2H3,(H,17,20). The van der Waals surface area contributed by atoms with E-state index in [-0.39, 0.29) is 11.8 Å². The van der Waals surface area contributed by atoms with Crippen molar-refractivity contribution in [1.29, 1.82) is 0 Å². The lowest BCUT2D eigenvalue weighted by molar-refractivity contribution is 0.0952. The second-order valence-corrected chi connectivity index (χ2v) is 5.20. The molecule has 0 saturated heterocycles. The van der Waals surface area contributed by atoms with E-state index in [0.717, 1.165) is 5.69 Å². The fraction of sp³-hybridized carbons (Fsp3) is 0.357. The summed E-state index contributed by atoms with van der Waals surface area (Å²) in [6, 6.07) is 3.36. The maximum absolute atomic E-state index is 12.1. The van der Waals surface area contributed by atoms with Crippen LogP contribution in [0.4, 0.5) is 0 Å². The van der Waals surface area contributed by atoms with Crippen molar-refractivity contribution in [2.75, 3.05) is 6.54 Å². The zero-order valence-corrected chi connectivity index (χ0v) is 12.3. The van der Waals surface area contributed by atoms with Gasteiger partial charge in [-0.15, -0.1) is 0 Å². The minimum atomic E-state index is -0.142. The van der Waals surface area contributed by atoms with Gasteiger partial charge >= 0.3 is 0 Å². The molecule has 0 aliphatic carbocycles. The van der Waals surface area contributed by atoms with Crippen LogP contribution in [0.25, 0.3) is 0 Å². The van der Waals surface area contributed by atoms with Crippen molar-refractivity contribution < 1.29 is 4.79 Å². The predicted molar refractivity (Wildman–Crippen MR) is 77.9 cm³/mol. The molecule has 0 spiro atoms. The molecule has 1 amide bonds. The Morgan fingerprint density at radius 1 is 1.45 bits per heavy atom. The van der Waals surface area contributed by atoms with Crippen molar-refractivity contribution in [3.8, 4) is 0 Å². The Balaban J connectivity index is 1.98. The van der Waals surface area contributed by atoms with Crippen molar-refractivity contribution in [3.05, 3.63) is 47.3 Å². The smallest absolute Gasteiger partial charge is 0.251 e. The monoisotopic (exact) mass is 292 g/mol. The molecule has 1 N–H and O–H groups in total. The van der Waals surface area contributed by atoms with Crippen molar-refractivity contribution in [2.24, 2.45) is 0 Å². The van der Waals surface area contributed by atoms with Gasteiger partial charge in [0.05, 0.1) is 6.33 Å². The van der Waals surface area contributed by atoms with E-state index in [2.05, 4.69) is 15.3 Å². The van der Waals surface area contributed by atoms with Crippen LogP contribution in [0.3, 0.4) is 0 Å². The zero-order valence-electron chi connectivity index (χ0n) is 11.5. The molecule has 0 radical (unpaired) electrons. The Kier molecular flexibility index (Phi) is 4.74. The molecule has 0 bridgehead atoms. The van der Waals surface area contributed by atoms with Gasteiger partial charge in [0.25, 0.3) is 5.91 Å². The summed E-state index contributed by atoms with van der Waals surface area (Å²) in [5.74, 6) is 0.0857. The first-order valence-corrected chi connectivity index (χ1v) is 6.85. The highest BCUT2D eigenvalue weighted by molar-refractivity contribution is 6.29. The van der Waals surface area contributed by atoms with Crippen molar-refractivity contribution in [1.82, 2.24) is 19.9 Å². The molecule has 2 aromatic heterocycles. The van der Waals surface area contributed by atoms with E-state index in [1.165, 1.54) is 0 Å². The highest BCUT2D eigenvalue weighted by atomic mass is 35.5. The van der Waals surface area contributed by atoms with Gasteiger partial charge in [0.15, 0.2) is 0 Å². The minimum absolute atomic E-state index is 0.142. The van der Waals surface area contributed by atoms with Crippen molar-refractivity contribution >= 4 is 17.5 Å². The first-order chi connectivity index (χ1) is 9.56. The normalized spacial score (nSPS) is 10.8. The van der Waals surface area contributed by atoms with Crippen LogP contribution < -0.4 is 5.32 Å². The summed E-state index contributed by atoms with van der Waals surface area (Å²) >= 11 is 5.95. The highest BCUT2D eigenvalue weighted by Gasteiger charge is 2.10. The summed E-state index contributed by atoms with van der Waals surface area (Å²) in [6.45, 7) is 5.24. The van der Waals surface area contributed by atoms with Crippen LogP contribution in [0, 0.1) is 0 Å². The number of hydrogen-bond donors (Lipinski definition) is 1. The first kappa shape index (κ1) is 14.5. The molecule has 0 aromatic carbocycles. The van der Waals surface area contributed by atoms with Gasteiger partial charge in [-0.1, -0.05) is 25.4 Å². The Labute approximate surface area is 123 Å². The molecular weight excluding hydrogens is 276 g/mol. The average Bonchev–Trinajstić information content (AvgIpc) is 2.91. The number of carbonyl (C=O) groups excluding carboxylic acids is 1. The number of carbonyl (C=O) groups is 1. The summed E-state index contributed by atoms with van der Waals surface area (Å²) in [4.78, 5) is 20.2. The van der Waals surface area contributed by atoms with Gasteiger partial charge in [0, 0.05) is 36.7 Å². The maximum Gasteiger partial charge on any atom is 0.251 e. The summed E-state index contributed by atoms with van der Waals surface area (Å²) in [7, 11) is 0. The van der Waals surface area contributed by atoms with Gasteiger partial charge in [-0.2, -0.15) is 0 Å². The number of aromatic nitrogens is 3. The molecule has 2 rings (SSSR count). The fourth-order valence-electron chi connectivity index (χ4n) is 1.76. The number of nitrogens with zero attached hydrogens (tertiary/aromatic N) is 3. The van der Waals surface area contributed by atoms with E-state index >= 15 is 0 Å². The molecule has 0 atom stereocenters. The largest absolute Gasteiger partial charge is 0.350 e. The van der Waals surface area contributed by atoms with E-state index in [4.69, 9.17) is 11.6 Å². The van der Waals surface area contributed by atoms with E-state index in [9.17, 15) is 4.79 Å². The predicted octanol–water partition coefficient (Wildman–Crippen LogP) is 2.48. The summed E-state index contributed by atoms with van der Waals surface area (Å²) in [5.41, 5.74) is 1.36. The molecule has 2 aromatic rings. The van der Waals surface area contributed by atoms with E-state index in [1.54, 1.807) is 24.7 Å². The summed E-state index contributed by atoms with van der Waals surface area (Å²) in [6.07, 6.45) is 5.28. The molecule has 5 nitrogen and oxygen atoms in total. The topological polar surface area (TPSA) is 59.8 Å². The van der Waals surface area contributed by atoms with E-state index < -0.39 is 0 Å². The molecule has 0 aliphatic rings. The van der Waals surface area contributed by atoms with Gasteiger partial charge in [-0.05, 0) is 18.1 Å². The zero-order chi connectivity index (χ0) is 14.5. The Hall–Kier alpha value is -1.88. The lowest BCUT2D eigenvalue weighted by Crippen LogP contribution is -2.27. The molecule has 0 fully saturated rings. The van der Waals surface area contributed by atoms with Gasteiger partial charge in [0.2, 0.25) is 0 Å². The SMILES string of the molecule is CC(C)c1cc(C(=O)NCCn2ccnc2)cc(Cl)n1. The van der Waals surface area contributed by atoms with Crippen LogP contribution in [0.1, 0.15) is 35.8 Å². The summed E-state index contributed by atoms with van der Waals surface area (Å²) < 4.78 is 1.90. The van der Waals surface area contributed by atoms with Crippen molar-refractivity contribution in [3.63, 3.8) is 0 Å². The van der Waals surface area contributed by atoms with Crippen LogP contribution in [0.2, 0.25) is 5.15 Å². The lowest BCUT2D eigenvalue weighted by Gasteiger charge is -2.09. The average molecular weight is 293 g/mol. The Morgan fingerprint density at radius 3 is 2.90 bits per heavy atom. The quantitative estimate of drug-likeness (QED) is 0.861. The lowest BCUT2D eigenvalue weighted by atomic mass is 10.1.